The van der Waals surface area contributed by atoms with E-state index in [1.54, 1.807) is 23.3 Å². The number of aliphatic hydroxyl groups is 1. The van der Waals surface area contributed by atoms with Crippen molar-refractivity contribution in [2.24, 2.45) is 7.05 Å². The molecule has 0 aliphatic carbocycles. The molecule has 3 aromatic rings. The minimum absolute atomic E-state index is 0.0223. The normalized spacial score (nSPS) is 18.0. The predicted molar refractivity (Wildman–Crippen MR) is 142 cm³/mol. The molecule has 1 saturated heterocycles. The summed E-state index contributed by atoms with van der Waals surface area (Å²) in [5, 5.41) is 14.5. The molecule has 1 aliphatic rings. The Kier molecular flexibility index (Phi) is 10.2. The van der Waals surface area contributed by atoms with Crippen LogP contribution in [0.25, 0.3) is 0 Å². The zero-order valence-corrected chi connectivity index (χ0v) is 24.8. The van der Waals surface area contributed by atoms with Gasteiger partial charge in [-0.25, -0.2) is 9.13 Å². The van der Waals surface area contributed by atoms with Crippen LogP contribution in [0.3, 0.4) is 0 Å². The van der Waals surface area contributed by atoms with E-state index < -0.39 is 88.2 Å². The van der Waals surface area contributed by atoms with Gasteiger partial charge in [0.25, 0.3) is 0 Å². The van der Waals surface area contributed by atoms with Gasteiger partial charge in [-0.1, -0.05) is 0 Å². The van der Waals surface area contributed by atoms with Crippen LogP contribution in [0, 0.1) is 0 Å². The van der Waals surface area contributed by atoms with Gasteiger partial charge in [-0.05, 0) is 60.4 Å². The van der Waals surface area contributed by atoms with Crippen molar-refractivity contribution < 1.29 is 71.9 Å². The number of benzene rings is 2. The summed E-state index contributed by atoms with van der Waals surface area (Å²) in [5.41, 5.74) is -13.8. The van der Waals surface area contributed by atoms with Crippen LogP contribution in [0.2, 0.25) is 0 Å². The molecule has 264 valence electrons. The molecule has 1 aromatic heterocycles. The van der Waals surface area contributed by atoms with Crippen LogP contribution < -0.4 is 9.88 Å². The van der Waals surface area contributed by atoms with Crippen LogP contribution in [0.5, 0.6) is 0 Å². The number of ether oxygens (including phenoxy) is 1. The van der Waals surface area contributed by atoms with Crippen molar-refractivity contribution in [2.45, 2.75) is 74.7 Å². The number of halogens is 12. The monoisotopic (exact) mass is 706 g/mol. The van der Waals surface area contributed by atoms with E-state index in [1.165, 1.54) is 0 Å². The Bertz CT molecular complexity index is 1470. The maximum Gasteiger partial charge on any atom is 0.416 e. The van der Waals surface area contributed by atoms with Gasteiger partial charge < -0.3 is 15.2 Å². The number of hydrogen-bond donors (Lipinski definition) is 2. The van der Waals surface area contributed by atoms with E-state index in [0.29, 0.717) is 19.4 Å². The van der Waals surface area contributed by atoms with E-state index in [2.05, 4.69) is 5.32 Å². The fraction of sp³-hybridized carbons (Fsp3) is 0.467. The number of carbonyl (C=O) groups is 1. The maximum atomic E-state index is 13.8. The highest BCUT2D eigenvalue weighted by Gasteiger charge is 2.49. The highest BCUT2D eigenvalue weighted by atomic mass is 19.4. The van der Waals surface area contributed by atoms with Crippen molar-refractivity contribution >= 4 is 5.97 Å². The van der Waals surface area contributed by atoms with Gasteiger partial charge in [-0.3, -0.25) is 4.79 Å². The Labute approximate surface area is 264 Å². The van der Waals surface area contributed by atoms with Crippen LogP contribution in [0.4, 0.5) is 52.7 Å². The fourth-order valence-corrected chi connectivity index (χ4v) is 5.47. The highest BCUT2D eigenvalue weighted by molar-refractivity contribution is 5.69. The van der Waals surface area contributed by atoms with E-state index in [-0.39, 0.29) is 49.4 Å². The third-order valence-corrected chi connectivity index (χ3v) is 7.82. The highest BCUT2D eigenvalue weighted by Crippen LogP contribution is 2.46. The summed E-state index contributed by atoms with van der Waals surface area (Å²) < 4.78 is 174. The molecule has 48 heavy (non-hydrogen) atoms. The number of imidazole rings is 1. The number of nitrogens with one attached hydrogen (secondary N) is 1. The van der Waals surface area contributed by atoms with Crippen molar-refractivity contribution in [3.8, 4) is 0 Å². The summed E-state index contributed by atoms with van der Waals surface area (Å²) >= 11 is 0. The SMILES string of the molecule is C[n+]1ccn(CCCCC(=O)O[C@H]2CN[C@H](C(O)(c3cc(C(F)(F)F)cc(C(F)(F)F)c3)c3cc(C(F)(F)F)cc(C(F)(F)F)c3)C2)c1. The lowest BCUT2D eigenvalue weighted by molar-refractivity contribution is -0.671. The van der Waals surface area contributed by atoms with E-state index in [9.17, 15) is 62.6 Å². The van der Waals surface area contributed by atoms with Crippen LogP contribution in [-0.4, -0.2) is 34.3 Å². The van der Waals surface area contributed by atoms with Gasteiger partial charge in [-0.2, -0.15) is 52.7 Å². The van der Waals surface area contributed by atoms with E-state index >= 15 is 0 Å². The molecular weight excluding hydrogens is 678 g/mol. The molecule has 0 saturated carbocycles. The number of aromatic nitrogens is 2. The number of aryl methyl sites for hydroxylation is 2. The summed E-state index contributed by atoms with van der Waals surface area (Å²) in [4.78, 5) is 12.5. The molecule has 6 nitrogen and oxygen atoms in total. The standard InChI is InChI=1S/C30H28F12N3O3/c1-44-6-7-45(16-44)5-3-2-4-25(46)48-23-14-24(43-15-23)26(47,17-8-19(27(31,32)33)12-20(9-17)28(34,35)36)18-10-21(29(37,38)39)13-22(11-18)30(40,41)42/h6-13,16,23-24,43,47H,2-5,14-15H2,1H3/q+1/t23-,24+/m1/s1. The van der Waals surface area contributed by atoms with Crippen molar-refractivity contribution in [1.82, 2.24) is 9.88 Å². The molecule has 2 heterocycles. The topological polar surface area (TPSA) is 67.4 Å². The molecular formula is C30H28F12N3O3+. The Morgan fingerprint density at radius 2 is 1.23 bits per heavy atom. The number of esters is 1. The average Bonchev–Trinajstić information content (AvgIpc) is 3.61. The summed E-state index contributed by atoms with van der Waals surface area (Å²) in [7, 11) is 1.81. The van der Waals surface area contributed by atoms with Crippen LogP contribution >= 0.6 is 0 Å². The second-order valence-electron chi connectivity index (χ2n) is 11.4. The molecule has 2 atom stereocenters. The number of hydrogen-bond acceptors (Lipinski definition) is 4. The van der Waals surface area contributed by atoms with Gasteiger partial charge in [0.1, 0.15) is 24.1 Å². The number of carbonyl (C=O) groups excluding carboxylic acids is 1. The largest absolute Gasteiger partial charge is 0.461 e. The molecule has 0 unspecified atom stereocenters. The summed E-state index contributed by atoms with van der Waals surface area (Å²) in [6.45, 7) is 0.177. The quantitative estimate of drug-likeness (QED) is 0.112. The smallest absolute Gasteiger partial charge is 0.416 e. The Morgan fingerprint density at radius 3 is 1.62 bits per heavy atom. The summed E-state index contributed by atoms with van der Waals surface area (Å²) in [5.74, 6) is -0.763. The predicted octanol–water partition coefficient (Wildman–Crippen LogP) is 6.77. The molecule has 1 fully saturated rings. The molecule has 0 spiro atoms. The van der Waals surface area contributed by atoms with Crippen molar-refractivity contribution in [3.05, 3.63) is 88.5 Å². The fourth-order valence-electron chi connectivity index (χ4n) is 5.47. The molecule has 2 aromatic carbocycles. The molecule has 0 bridgehead atoms. The third kappa shape index (κ3) is 8.61. The van der Waals surface area contributed by atoms with Gasteiger partial charge in [0.15, 0.2) is 0 Å². The molecule has 0 amide bonds. The van der Waals surface area contributed by atoms with Gasteiger partial charge in [-0.15, -0.1) is 0 Å². The zero-order chi connectivity index (χ0) is 35.9. The van der Waals surface area contributed by atoms with Crippen molar-refractivity contribution in [3.63, 3.8) is 0 Å². The first-order chi connectivity index (χ1) is 22.0. The zero-order valence-electron chi connectivity index (χ0n) is 24.8. The summed E-state index contributed by atoms with van der Waals surface area (Å²) in [6.07, 6.45) is -17.5. The Balaban J connectivity index is 1.72. The van der Waals surface area contributed by atoms with Crippen LogP contribution in [-0.2, 0) is 53.4 Å². The van der Waals surface area contributed by atoms with E-state index in [0.717, 1.165) is 0 Å². The second kappa shape index (κ2) is 13.2. The van der Waals surface area contributed by atoms with Crippen molar-refractivity contribution in [1.29, 1.82) is 0 Å². The third-order valence-electron chi connectivity index (χ3n) is 7.82. The summed E-state index contributed by atoms with van der Waals surface area (Å²) in [6, 6.07) is -2.34. The van der Waals surface area contributed by atoms with Gasteiger partial charge >= 0.3 is 30.7 Å². The maximum absolute atomic E-state index is 13.8. The lowest BCUT2D eigenvalue weighted by Crippen LogP contribution is -2.46. The first-order valence-electron chi connectivity index (χ1n) is 14.2. The van der Waals surface area contributed by atoms with Crippen LogP contribution in [0.15, 0.2) is 55.1 Å². The number of nitrogens with zero attached hydrogens (tertiary/aromatic N) is 2. The molecule has 4 rings (SSSR count). The van der Waals surface area contributed by atoms with E-state index in [4.69, 9.17) is 4.74 Å². The average molecular weight is 707 g/mol. The first kappa shape index (κ1) is 37.0. The van der Waals surface area contributed by atoms with Gasteiger partial charge in [0.2, 0.25) is 6.33 Å². The van der Waals surface area contributed by atoms with Crippen LogP contribution in [0.1, 0.15) is 59.1 Å². The lowest BCUT2D eigenvalue weighted by Gasteiger charge is -2.37. The van der Waals surface area contributed by atoms with Gasteiger partial charge in [0, 0.05) is 25.4 Å². The van der Waals surface area contributed by atoms with E-state index in [1.807, 2.05) is 11.6 Å². The minimum atomic E-state index is -5.47. The Hall–Kier alpha value is -3.80. The van der Waals surface area contributed by atoms with Crippen molar-refractivity contribution in [2.75, 3.05) is 6.54 Å². The van der Waals surface area contributed by atoms with Gasteiger partial charge in [0.05, 0.1) is 35.8 Å². The number of rotatable bonds is 9. The molecule has 0 radical (unpaired) electrons. The molecule has 18 heteroatoms. The Morgan fingerprint density at radius 1 is 0.792 bits per heavy atom. The number of unbranched alkanes of at least 4 members (excludes halogenated alkanes) is 1. The second-order valence-corrected chi connectivity index (χ2v) is 11.4. The lowest BCUT2D eigenvalue weighted by atomic mass is 9.77. The molecule has 2 N–H and O–H groups in total. The minimum Gasteiger partial charge on any atom is -0.461 e. The number of alkyl halides is 12. The molecule has 1 aliphatic heterocycles. The first-order valence-corrected chi connectivity index (χ1v) is 14.2.